The number of unbranched alkanes of at least 4 members (excludes halogenated alkanes) is 5. The summed E-state index contributed by atoms with van der Waals surface area (Å²) in [7, 11) is 0. The predicted molar refractivity (Wildman–Crippen MR) is 108 cm³/mol. The number of H-pyrrole nitrogens is 1. The van der Waals surface area contributed by atoms with Crippen molar-refractivity contribution >= 4 is 0 Å². The SMILES string of the molecule is CCCCCCCCn1c(=O)[nH]c(Cc2ccccc2)c(C(C)C)c1=O. The molecule has 0 aliphatic carbocycles. The smallest absolute Gasteiger partial charge is 0.310 e. The van der Waals surface area contributed by atoms with E-state index in [4.69, 9.17) is 0 Å². The highest BCUT2D eigenvalue weighted by Gasteiger charge is 2.17. The van der Waals surface area contributed by atoms with Crippen LogP contribution in [0, 0.1) is 0 Å². The summed E-state index contributed by atoms with van der Waals surface area (Å²) in [5.74, 6) is 0.0777. The minimum atomic E-state index is -0.279. The average molecular weight is 357 g/mol. The van der Waals surface area contributed by atoms with Crippen molar-refractivity contribution in [1.29, 1.82) is 0 Å². The van der Waals surface area contributed by atoms with Crippen molar-refractivity contribution in [3.05, 3.63) is 68.0 Å². The Morgan fingerprint density at radius 2 is 1.62 bits per heavy atom. The van der Waals surface area contributed by atoms with Gasteiger partial charge < -0.3 is 4.98 Å². The molecule has 1 aromatic heterocycles. The predicted octanol–water partition coefficient (Wildman–Crippen LogP) is 4.61. The van der Waals surface area contributed by atoms with Gasteiger partial charge in [0, 0.05) is 24.2 Å². The molecule has 0 aliphatic heterocycles. The molecule has 0 atom stereocenters. The van der Waals surface area contributed by atoms with Crippen molar-refractivity contribution in [2.45, 2.75) is 78.2 Å². The molecule has 4 heteroatoms. The summed E-state index contributed by atoms with van der Waals surface area (Å²) in [5.41, 5.74) is 2.18. The lowest BCUT2D eigenvalue weighted by molar-refractivity contribution is 0.527. The van der Waals surface area contributed by atoms with Crippen LogP contribution >= 0.6 is 0 Å². The van der Waals surface area contributed by atoms with Gasteiger partial charge in [-0.3, -0.25) is 9.36 Å². The van der Waals surface area contributed by atoms with Crippen molar-refractivity contribution in [2.75, 3.05) is 0 Å². The fourth-order valence-corrected chi connectivity index (χ4v) is 3.42. The molecule has 0 unspecified atom stereocenters. The molecule has 1 aromatic carbocycles. The molecule has 0 bridgehead atoms. The van der Waals surface area contributed by atoms with Crippen LogP contribution in [0.2, 0.25) is 0 Å². The molecule has 4 nitrogen and oxygen atoms in total. The molecule has 2 rings (SSSR count). The van der Waals surface area contributed by atoms with Crippen LogP contribution in [0.5, 0.6) is 0 Å². The normalized spacial score (nSPS) is 11.2. The standard InChI is InChI=1S/C22H32N2O2/c1-4-5-6-7-8-12-15-24-21(25)20(17(2)3)19(23-22(24)26)16-18-13-10-9-11-14-18/h9-11,13-14,17H,4-8,12,15-16H2,1-3H3,(H,23,26). The topological polar surface area (TPSA) is 54.9 Å². The number of hydrogen-bond acceptors (Lipinski definition) is 2. The zero-order chi connectivity index (χ0) is 18.9. The van der Waals surface area contributed by atoms with Gasteiger partial charge in [0.25, 0.3) is 5.56 Å². The number of nitrogens with one attached hydrogen (secondary N) is 1. The Kier molecular flexibility index (Phi) is 7.89. The summed E-state index contributed by atoms with van der Waals surface area (Å²) >= 11 is 0. The number of nitrogens with zero attached hydrogens (tertiary/aromatic N) is 1. The highest BCUT2D eigenvalue weighted by atomic mass is 16.2. The zero-order valence-corrected chi connectivity index (χ0v) is 16.4. The van der Waals surface area contributed by atoms with Crippen molar-refractivity contribution in [1.82, 2.24) is 9.55 Å². The summed E-state index contributed by atoms with van der Waals surface area (Å²) in [5, 5.41) is 0. The first kappa shape index (κ1) is 20.2. The minimum absolute atomic E-state index is 0.0777. The third-order valence-electron chi connectivity index (χ3n) is 4.84. The molecular weight excluding hydrogens is 324 g/mol. The van der Waals surface area contributed by atoms with Gasteiger partial charge in [-0.25, -0.2) is 4.79 Å². The quantitative estimate of drug-likeness (QED) is 0.632. The molecule has 26 heavy (non-hydrogen) atoms. The number of hydrogen-bond donors (Lipinski definition) is 1. The van der Waals surface area contributed by atoms with Crippen LogP contribution in [0.15, 0.2) is 39.9 Å². The summed E-state index contributed by atoms with van der Waals surface area (Å²) in [6, 6.07) is 9.95. The average Bonchev–Trinajstić information content (AvgIpc) is 2.60. The van der Waals surface area contributed by atoms with Crippen LogP contribution in [0.1, 0.15) is 82.0 Å². The summed E-state index contributed by atoms with van der Waals surface area (Å²) < 4.78 is 1.39. The maximum absolute atomic E-state index is 13.0. The van der Waals surface area contributed by atoms with Crippen molar-refractivity contribution < 1.29 is 0 Å². The lowest BCUT2D eigenvalue weighted by atomic mass is 9.98. The second kappa shape index (κ2) is 10.1. The highest BCUT2D eigenvalue weighted by molar-refractivity contribution is 5.28. The van der Waals surface area contributed by atoms with Gasteiger partial charge in [-0.1, -0.05) is 83.2 Å². The fraction of sp³-hybridized carbons (Fsp3) is 0.545. The molecule has 0 radical (unpaired) electrons. The fourth-order valence-electron chi connectivity index (χ4n) is 3.42. The monoisotopic (exact) mass is 356 g/mol. The van der Waals surface area contributed by atoms with Crippen LogP contribution in [0.4, 0.5) is 0 Å². The number of rotatable bonds is 10. The van der Waals surface area contributed by atoms with E-state index in [0.717, 1.165) is 29.7 Å². The minimum Gasteiger partial charge on any atom is -0.310 e. The lowest BCUT2D eigenvalue weighted by Crippen LogP contribution is -2.39. The van der Waals surface area contributed by atoms with Crippen LogP contribution in [-0.2, 0) is 13.0 Å². The molecule has 0 saturated heterocycles. The van der Waals surface area contributed by atoms with E-state index < -0.39 is 0 Å². The third-order valence-corrected chi connectivity index (χ3v) is 4.84. The second-order valence-corrected chi connectivity index (χ2v) is 7.36. The van der Waals surface area contributed by atoms with E-state index in [1.54, 1.807) is 0 Å². The first-order valence-corrected chi connectivity index (χ1v) is 9.94. The van der Waals surface area contributed by atoms with Gasteiger partial charge in [-0.15, -0.1) is 0 Å². The van der Waals surface area contributed by atoms with E-state index >= 15 is 0 Å². The molecule has 142 valence electrons. The van der Waals surface area contributed by atoms with Gasteiger partial charge in [0.2, 0.25) is 0 Å². The van der Waals surface area contributed by atoms with Crippen LogP contribution < -0.4 is 11.2 Å². The Labute approximate surface area is 156 Å². The molecule has 0 amide bonds. The Hall–Kier alpha value is -2.10. The number of aromatic nitrogens is 2. The van der Waals surface area contributed by atoms with E-state index in [0.29, 0.717) is 13.0 Å². The first-order valence-electron chi connectivity index (χ1n) is 9.94. The van der Waals surface area contributed by atoms with E-state index in [1.807, 2.05) is 44.2 Å². The Morgan fingerprint density at radius 3 is 2.27 bits per heavy atom. The van der Waals surface area contributed by atoms with Gasteiger partial charge in [0.05, 0.1) is 0 Å². The molecule has 0 aliphatic rings. The summed E-state index contributed by atoms with van der Waals surface area (Å²) in [4.78, 5) is 28.4. The Balaban J connectivity index is 2.19. The lowest BCUT2D eigenvalue weighted by Gasteiger charge is -2.15. The number of benzene rings is 1. The maximum atomic E-state index is 13.0. The maximum Gasteiger partial charge on any atom is 0.328 e. The van der Waals surface area contributed by atoms with Gasteiger partial charge >= 0.3 is 5.69 Å². The molecule has 0 saturated carbocycles. The van der Waals surface area contributed by atoms with E-state index in [9.17, 15) is 9.59 Å². The first-order chi connectivity index (χ1) is 12.5. The van der Waals surface area contributed by atoms with Gasteiger partial charge in [-0.2, -0.15) is 0 Å². The van der Waals surface area contributed by atoms with Crippen LogP contribution in [-0.4, -0.2) is 9.55 Å². The Morgan fingerprint density at radius 1 is 0.962 bits per heavy atom. The summed E-state index contributed by atoms with van der Waals surface area (Å²) in [6.07, 6.45) is 7.40. The zero-order valence-electron chi connectivity index (χ0n) is 16.4. The van der Waals surface area contributed by atoms with E-state index in [2.05, 4.69) is 11.9 Å². The highest BCUT2D eigenvalue weighted by Crippen LogP contribution is 2.16. The van der Waals surface area contributed by atoms with Gasteiger partial charge in [0.15, 0.2) is 0 Å². The van der Waals surface area contributed by atoms with E-state index in [-0.39, 0.29) is 17.2 Å². The van der Waals surface area contributed by atoms with Crippen molar-refractivity contribution in [3.63, 3.8) is 0 Å². The summed E-state index contributed by atoms with van der Waals surface area (Å²) in [6.45, 7) is 6.73. The molecule has 1 heterocycles. The molecular formula is C22H32N2O2. The van der Waals surface area contributed by atoms with E-state index in [1.165, 1.54) is 30.3 Å². The number of aromatic amines is 1. The molecule has 0 fully saturated rings. The van der Waals surface area contributed by atoms with Crippen molar-refractivity contribution in [3.8, 4) is 0 Å². The van der Waals surface area contributed by atoms with Crippen LogP contribution in [0.3, 0.4) is 0 Å². The van der Waals surface area contributed by atoms with Gasteiger partial charge in [-0.05, 0) is 17.9 Å². The van der Waals surface area contributed by atoms with Gasteiger partial charge in [0.1, 0.15) is 0 Å². The largest absolute Gasteiger partial charge is 0.328 e. The molecule has 1 N–H and O–H groups in total. The molecule has 0 spiro atoms. The molecule has 2 aromatic rings. The van der Waals surface area contributed by atoms with Crippen LogP contribution in [0.25, 0.3) is 0 Å². The third kappa shape index (κ3) is 5.45. The van der Waals surface area contributed by atoms with Crippen molar-refractivity contribution in [2.24, 2.45) is 0 Å². The Bertz CT molecular complexity index is 788. The second-order valence-electron chi connectivity index (χ2n) is 7.36.